The summed E-state index contributed by atoms with van der Waals surface area (Å²) in [4.78, 5) is 31.0. The molecular formula is C19H21FN6O4. The van der Waals surface area contributed by atoms with Crippen molar-refractivity contribution in [3.05, 3.63) is 47.4 Å². The summed E-state index contributed by atoms with van der Waals surface area (Å²) >= 11 is 0. The maximum absolute atomic E-state index is 13.4. The summed E-state index contributed by atoms with van der Waals surface area (Å²) < 4.78 is 23.7. The van der Waals surface area contributed by atoms with Gasteiger partial charge in [-0.3, -0.25) is 4.79 Å². The zero-order valence-electron chi connectivity index (χ0n) is 16.5. The van der Waals surface area contributed by atoms with E-state index in [4.69, 9.17) is 9.26 Å². The number of hydrogen-bond acceptors (Lipinski definition) is 7. The van der Waals surface area contributed by atoms with Crippen LogP contribution in [0.15, 0.2) is 33.9 Å². The van der Waals surface area contributed by atoms with Crippen molar-refractivity contribution < 1.29 is 23.2 Å². The second-order valence-corrected chi connectivity index (χ2v) is 7.08. The van der Waals surface area contributed by atoms with Crippen molar-refractivity contribution in [2.75, 3.05) is 26.3 Å². The molecule has 0 saturated carbocycles. The number of urea groups is 1. The number of amides is 3. The molecule has 30 heavy (non-hydrogen) atoms. The summed E-state index contributed by atoms with van der Waals surface area (Å²) in [6.07, 6.45) is 0. The summed E-state index contributed by atoms with van der Waals surface area (Å²) in [5.74, 6) is 0.185. The maximum Gasteiger partial charge on any atom is 0.338 e. The highest BCUT2D eigenvalue weighted by atomic mass is 19.1. The summed E-state index contributed by atoms with van der Waals surface area (Å²) in [5, 5.41) is 12.2. The lowest BCUT2D eigenvalue weighted by Crippen LogP contribution is -2.52. The first kappa shape index (κ1) is 20.0. The molecule has 3 amide bonds. The molecule has 1 fully saturated rings. The maximum atomic E-state index is 13.4. The standard InChI is InChI=1S/C19H21FN6O4/c1-11(18-22-12(2)24-30-18)21-19(28)26-9-15(25-7-8-29-10-16(25)27)17(23-26)13-3-5-14(20)6-4-13/h3-6,11,15H,7-10H2,1-2H3,(H,21,28)/t11-,15+/m1/s1. The molecule has 2 aliphatic heterocycles. The SMILES string of the molecule is Cc1noc([C@@H](C)NC(=O)N2C[C@H](N3CCOCC3=O)C(c3ccc(F)cc3)=N2)n1. The Balaban J connectivity index is 1.56. The van der Waals surface area contributed by atoms with Gasteiger partial charge in [0.15, 0.2) is 5.82 Å². The minimum absolute atomic E-state index is 0.0209. The number of hydrogen-bond donors (Lipinski definition) is 1. The smallest absolute Gasteiger partial charge is 0.338 e. The normalized spacial score (nSPS) is 20.3. The number of carbonyl (C=O) groups is 2. The Morgan fingerprint density at radius 3 is 2.77 bits per heavy atom. The van der Waals surface area contributed by atoms with Crippen LogP contribution in [0.4, 0.5) is 9.18 Å². The van der Waals surface area contributed by atoms with Crippen LogP contribution >= 0.6 is 0 Å². The number of aryl methyl sites for hydroxylation is 1. The highest BCUT2D eigenvalue weighted by molar-refractivity contribution is 6.08. The Hall–Kier alpha value is -3.34. The summed E-state index contributed by atoms with van der Waals surface area (Å²) in [6, 6.07) is 4.35. The Kier molecular flexibility index (Phi) is 5.44. The first-order chi connectivity index (χ1) is 14.4. The van der Waals surface area contributed by atoms with Crippen LogP contribution in [0.5, 0.6) is 0 Å². The molecule has 2 atom stereocenters. The quantitative estimate of drug-likeness (QED) is 0.802. The van der Waals surface area contributed by atoms with Gasteiger partial charge in [-0.2, -0.15) is 10.1 Å². The first-order valence-corrected chi connectivity index (χ1v) is 9.52. The fourth-order valence-electron chi connectivity index (χ4n) is 3.40. The van der Waals surface area contributed by atoms with E-state index in [1.54, 1.807) is 30.9 Å². The molecule has 1 aromatic carbocycles. The average Bonchev–Trinajstić information content (AvgIpc) is 3.36. The molecule has 158 valence electrons. The van der Waals surface area contributed by atoms with Crippen LogP contribution in [0, 0.1) is 12.7 Å². The van der Waals surface area contributed by atoms with Gasteiger partial charge in [-0.1, -0.05) is 17.3 Å². The van der Waals surface area contributed by atoms with Gasteiger partial charge in [0.25, 0.3) is 0 Å². The average molecular weight is 416 g/mol. The van der Waals surface area contributed by atoms with Crippen LogP contribution in [0.25, 0.3) is 0 Å². The van der Waals surface area contributed by atoms with E-state index < -0.39 is 18.1 Å². The van der Waals surface area contributed by atoms with Crippen molar-refractivity contribution >= 4 is 17.6 Å². The van der Waals surface area contributed by atoms with Crippen LogP contribution in [-0.2, 0) is 9.53 Å². The molecular weight excluding hydrogens is 395 g/mol. The lowest BCUT2D eigenvalue weighted by atomic mass is 10.0. The second-order valence-electron chi connectivity index (χ2n) is 7.08. The number of halogens is 1. The molecule has 11 heteroatoms. The number of ether oxygens (including phenoxy) is 1. The van der Waals surface area contributed by atoms with Gasteiger partial charge in [-0.25, -0.2) is 14.2 Å². The zero-order valence-corrected chi connectivity index (χ0v) is 16.5. The van der Waals surface area contributed by atoms with E-state index >= 15 is 0 Å². The molecule has 0 radical (unpaired) electrons. The molecule has 4 rings (SSSR count). The number of hydrazone groups is 1. The Morgan fingerprint density at radius 2 is 2.10 bits per heavy atom. The van der Waals surface area contributed by atoms with Crippen molar-refractivity contribution in [1.82, 2.24) is 25.4 Å². The minimum Gasteiger partial charge on any atom is -0.370 e. The zero-order chi connectivity index (χ0) is 21.3. The minimum atomic E-state index is -0.521. The number of aromatic nitrogens is 2. The third-order valence-electron chi connectivity index (χ3n) is 4.92. The van der Waals surface area contributed by atoms with E-state index in [-0.39, 0.29) is 30.8 Å². The summed E-state index contributed by atoms with van der Waals surface area (Å²) in [7, 11) is 0. The van der Waals surface area contributed by atoms with E-state index in [1.165, 1.54) is 17.1 Å². The number of morpholine rings is 1. The first-order valence-electron chi connectivity index (χ1n) is 9.52. The fourth-order valence-corrected chi connectivity index (χ4v) is 3.40. The summed E-state index contributed by atoms with van der Waals surface area (Å²) in [5.41, 5.74) is 1.15. The largest absolute Gasteiger partial charge is 0.370 e. The van der Waals surface area contributed by atoms with Gasteiger partial charge in [0.05, 0.1) is 24.9 Å². The van der Waals surface area contributed by atoms with Crippen LogP contribution in [0.3, 0.4) is 0 Å². The second kappa shape index (κ2) is 8.19. The molecule has 2 aromatic rings. The van der Waals surface area contributed by atoms with Gasteiger partial charge in [0, 0.05) is 12.1 Å². The van der Waals surface area contributed by atoms with E-state index in [0.29, 0.717) is 30.3 Å². The molecule has 0 unspecified atom stereocenters. The Labute approximate surface area is 171 Å². The number of benzene rings is 1. The van der Waals surface area contributed by atoms with Crippen molar-refractivity contribution in [2.45, 2.75) is 25.9 Å². The predicted molar refractivity (Wildman–Crippen MR) is 102 cm³/mol. The molecule has 0 spiro atoms. The number of carbonyl (C=O) groups excluding carboxylic acids is 2. The van der Waals surface area contributed by atoms with Gasteiger partial charge in [0.1, 0.15) is 18.5 Å². The number of nitrogens with one attached hydrogen (secondary N) is 1. The molecule has 1 aromatic heterocycles. The van der Waals surface area contributed by atoms with E-state index in [1.807, 2.05) is 0 Å². The van der Waals surface area contributed by atoms with Crippen LogP contribution < -0.4 is 5.32 Å². The van der Waals surface area contributed by atoms with Crippen LogP contribution in [0.2, 0.25) is 0 Å². The fraction of sp³-hybridized carbons (Fsp3) is 0.421. The van der Waals surface area contributed by atoms with Gasteiger partial charge < -0.3 is 19.5 Å². The lowest BCUT2D eigenvalue weighted by Gasteiger charge is -2.32. The Bertz CT molecular complexity index is 976. The molecule has 3 heterocycles. The molecule has 1 N–H and O–H groups in total. The van der Waals surface area contributed by atoms with Crippen molar-refractivity contribution in [1.29, 1.82) is 0 Å². The van der Waals surface area contributed by atoms with Crippen molar-refractivity contribution in [3.8, 4) is 0 Å². The third kappa shape index (κ3) is 4.01. The van der Waals surface area contributed by atoms with Crippen LogP contribution in [0.1, 0.15) is 30.2 Å². The lowest BCUT2D eigenvalue weighted by molar-refractivity contribution is -0.143. The predicted octanol–water partition coefficient (Wildman–Crippen LogP) is 1.24. The molecule has 1 saturated heterocycles. The van der Waals surface area contributed by atoms with Gasteiger partial charge in [-0.15, -0.1) is 0 Å². The van der Waals surface area contributed by atoms with Gasteiger partial charge >= 0.3 is 6.03 Å². The van der Waals surface area contributed by atoms with E-state index in [2.05, 4.69) is 20.6 Å². The highest BCUT2D eigenvalue weighted by Crippen LogP contribution is 2.22. The van der Waals surface area contributed by atoms with Crippen LogP contribution in [-0.4, -0.2) is 70.0 Å². The highest BCUT2D eigenvalue weighted by Gasteiger charge is 2.38. The molecule has 2 aliphatic rings. The third-order valence-corrected chi connectivity index (χ3v) is 4.92. The van der Waals surface area contributed by atoms with Crippen molar-refractivity contribution in [2.24, 2.45) is 5.10 Å². The molecule has 0 bridgehead atoms. The van der Waals surface area contributed by atoms with Crippen molar-refractivity contribution in [3.63, 3.8) is 0 Å². The summed E-state index contributed by atoms with van der Waals surface area (Å²) in [6.45, 7) is 4.34. The monoisotopic (exact) mass is 416 g/mol. The number of rotatable bonds is 4. The van der Waals surface area contributed by atoms with E-state index in [0.717, 1.165) is 0 Å². The Morgan fingerprint density at radius 1 is 1.33 bits per heavy atom. The molecule has 0 aliphatic carbocycles. The van der Waals surface area contributed by atoms with E-state index in [9.17, 15) is 14.0 Å². The topological polar surface area (TPSA) is 113 Å². The number of nitrogens with zero attached hydrogens (tertiary/aromatic N) is 5. The van der Waals surface area contributed by atoms with Gasteiger partial charge in [-0.05, 0) is 26.0 Å². The molecule has 10 nitrogen and oxygen atoms in total. The van der Waals surface area contributed by atoms with Gasteiger partial charge in [0.2, 0.25) is 11.8 Å².